The third-order valence-corrected chi connectivity index (χ3v) is 4.31. The summed E-state index contributed by atoms with van der Waals surface area (Å²) in [6.45, 7) is 6.16. The van der Waals surface area contributed by atoms with Gasteiger partial charge in [0.15, 0.2) is 16.7 Å². The van der Waals surface area contributed by atoms with Gasteiger partial charge in [-0.15, -0.1) is 0 Å². The smallest absolute Gasteiger partial charge is 0.286 e. The lowest BCUT2D eigenvalue weighted by Crippen LogP contribution is -2.23. The molecule has 0 aromatic heterocycles. The van der Waals surface area contributed by atoms with Crippen molar-refractivity contribution in [3.8, 4) is 11.5 Å². The Morgan fingerprint density at radius 3 is 2.67 bits per heavy atom. The summed E-state index contributed by atoms with van der Waals surface area (Å²) in [5.74, 6) is 0.575. The minimum absolute atomic E-state index is 0.266. The van der Waals surface area contributed by atoms with Crippen LogP contribution in [0.25, 0.3) is 6.08 Å². The molecule has 0 saturated carbocycles. The number of benzene rings is 1. The van der Waals surface area contributed by atoms with Gasteiger partial charge in [-0.3, -0.25) is 9.59 Å². The molecule has 2 rings (SSSR count). The summed E-state index contributed by atoms with van der Waals surface area (Å²) < 4.78 is 11.9. The Bertz CT molecular complexity index is 731. The predicted octanol–water partition coefficient (Wildman–Crippen LogP) is 3.35. The molecule has 1 aromatic rings. The molecule has 0 atom stereocenters. The highest BCUT2D eigenvalue weighted by molar-refractivity contribution is 9.10. The molecule has 0 unspecified atom stereocenters. The van der Waals surface area contributed by atoms with E-state index < -0.39 is 0 Å². The van der Waals surface area contributed by atoms with Crippen LogP contribution in [0.5, 0.6) is 11.5 Å². The second kappa shape index (κ2) is 8.34. The summed E-state index contributed by atoms with van der Waals surface area (Å²) in [5.41, 5.74) is 0.768. The van der Waals surface area contributed by atoms with Crippen LogP contribution in [0.3, 0.4) is 0 Å². The fourth-order valence-electron chi connectivity index (χ4n) is 1.98. The van der Waals surface area contributed by atoms with E-state index in [4.69, 9.17) is 9.47 Å². The van der Waals surface area contributed by atoms with E-state index in [9.17, 15) is 9.59 Å². The third-order valence-electron chi connectivity index (χ3n) is 2.82. The molecule has 6 nitrogen and oxygen atoms in total. The first-order valence-corrected chi connectivity index (χ1v) is 8.94. The van der Waals surface area contributed by atoms with Crippen LogP contribution >= 0.6 is 27.7 Å². The number of nitrogens with zero attached hydrogens (tertiary/aromatic N) is 1. The summed E-state index contributed by atoms with van der Waals surface area (Å²) in [6, 6.07) is 3.64. The number of hydrogen-bond donors (Lipinski definition) is 1. The van der Waals surface area contributed by atoms with Crippen LogP contribution < -0.4 is 14.8 Å². The van der Waals surface area contributed by atoms with Crippen LogP contribution in [-0.4, -0.2) is 30.2 Å². The molecule has 128 valence electrons. The van der Waals surface area contributed by atoms with Crippen molar-refractivity contribution >= 4 is 50.7 Å². The summed E-state index contributed by atoms with van der Waals surface area (Å²) in [6.07, 6.45) is 1.70. The topological polar surface area (TPSA) is 77.0 Å². The average Bonchev–Trinajstić information content (AvgIpc) is 2.82. The van der Waals surface area contributed by atoms with Gasteiger partial charge in [0.1, 0.15) is 0 Å². The Hall–Kier alpha value is -1.80. The molecule has 0 spiro atoms. The highest BCUT2D eigenvalue weighted by Gasteiger charge is 2.23. The summed E-state index contributed by atoms with van der Waals surface area (Å²) >= 11 is 4.59. The third kappa shape index (κ3) is 4.61. The lowest BCUT2D eigenvalue weighted by Gasteiger charge is -2.13. The van der Waals surface area contributed by atoms with Crippen LogP contribution in [-0.2, 0) is 9.59 Å². The normalized spacial score (nSPS) is 15.4. The highest BCUT2D eigenvalue weighted by Crippen LogP contribution is 2.38. The number of halogens is 1. The van der Waals surface area contributed by atoms with Crippen LogP contribution in [0.15, 0.2) is 26.5 Å². The van der Waals surface area contributed by atoms with Gasteiger partial charge in [0.25, 0.3) is 5.91 Å². The molecule has 2 amide bonds. The molecule has 1 N–H and O–H groups in total. The van der Waals surface area contributed by atoms with Crippen molar-refractivity contribution in [2.24, 2.45) is 4.99 Å². The van der Waals surface area contributed by atoms with Gasteiger partial charge in [0.05, 0.1) is 22.6 Å². The zero-order valence-corrected chi connectivity index (χ0v) is 15.9. The van der Waals surface area contributed by atoms with E-state index in [0.29, 0.717) is 29.6 Å². The number of carbonyl (C=O) groups is 2. The Balaban J connectivity index is 2.30. The van der Waals surface area contributed by atoms with Gasteiger partial charge in [-0.25, -0.2) is 0 Å². The lowest BCUT2D eigenvalue weighted by molar-refractivity contribution is -0.117. The molecule has 0 saturated heterocycles. The van der Waals surface area contributed by atoms with Gasteiger partial charge in [-0.05, 0) is 65.3 Å². The van der Waals surface area contributed by atoms with Crippen LogP contribution in [0.1, 0.15) is 26.3 Å². The van der Waals surface area contributed by atoms with Gasteiger partial charge in [0.2, 0.25) is 5.91 Å². The lowest BCUT2D eigenvalue weighted by atomic mass is 10.2. The molecular formula is C16H17BrN2O4S. The van der Waals surface area contributed by atoms with E-state index >= 15 is 0 Å². The molecule has 8 heteroatoms. The number of amides is 2. The maximum atomic E-state index is 11.9. The molecule has 1 aromatic carbocycles. The monoisotopic (exact) mass is 412 g/mol. The number of ether oxygens (including phenoxy) is 2. The number of amidine groups is 1. The molecule has 0 bridgehead atoms. The fourth-order valence-corrected chi connectivity index (χ4v) is 3.42. The summed E-state index contributed by atoms with van der Waals surface area (Å²) in [4.78, 5) is 27.2. The van der Waals surface area contributed by atoms with E-state index in [1.807, 2.05) is 19.9 Å². The first kappa shape index (κ1) is 18.5. The number of hydrogen-bond acceptors (Lipinski definition) is 5. The van der Waals surface area contributed by atoms with Gasteiger partial charge in [-0.2, -0.15) is 4.99 Å². The zero-order chi connectivity index (χ0) is 17.7. The Kier molecular flexibility index (Phi) is 6.44. The molecule has 0 fully saturated rings. The molecule has 1 aliphatic heterocycles. The first-order valence-electron chi connectivity index (χ1n) is 7.33. The van der Waals surface area contributed by atoms with Gasteiger partial charge >= 0.3 is 0 Å². The number of carbonyl (C=O) groups excluding carboxylic acids is 2. The minimum Gasteiger partial charge on any atom is -0.490 e. The van der Waals surface area contributed by atoms with Crippen LogP contribution in [0.2, 0.25) is 0 Å². The molecule has 1 aliphatic rings. The molecular weight excluding hydrogens is 396 g/mol. The quantitative estimate of drug-likeness (QED) is 0.750. The second-order valence-electron chi connectivity index (χ2n) is 4.71. The Morgan fingerprint density at radius 2 is 2.04 bits per heavy atom. The van der Waals surface area contributed by atoms with Gasteiger partial charge in [-0.1, -0.05) is 0 Å². The maximum absolute atomic E-state index is 11.9. The summed E-state index contributed by atoms with van der Waals surface area (Å²) in [5, 5.41) is 2.80. The molecule has 0 radical (unpaired) electrons. The van der Waals surface area contributed by atoms with Crippen molar-refractivity contribution in [3.05, 3.63) is 27.1 Å². The molecule has 24 heavy (non-hydrogen) atoms. The summed E-state index contributed by atoms with van der Waals surface area (Å²) in [7, 11) is 0. The van der Waals surface area contributed by atoms with Crippen molar-refractivity contribution in [1.29, 1.82) is 0 Å². The average molecular weight is 413 g/mol. The number of thioether (sulfide) groups is 1. The predicted molar refractivity (Wildman–Crippen MR) is 98.3 cm³/mol. The van der Waals surface area contributed by atoms with Crippen molar-refractivity contribution < 1.29 is 19.1 Å². The van der Waals surface area contributed by atoms with E-state index in [0.717, 1.165) is 21.8 Å². The van der Waals surface area contributed by atoms with Gasteiger partial charge in [0, 0.05) is 6.92 Å². The highest BCUT2D eigenvalue weighted by atomic mass is 79.9. The fraction of sp³-hybridized carbons (Fsp3) is 0.312. The van der Waals surface area contributed by atoms with E-state index in [1.54, 1.807) is 12.1 Å². The van der Waals surface area contributed by atoms with Gasteiger partial charge < -0.3 is 14.8 Å². The van der Waals surface area contributed by atoms with Crippen LogP contribution in [0, 0.1) is 0 Å². The number of rotatable bonds is 5. The molecule has 1 heterocycles. The second-order valence-corrected chi connectivity index (χ2v) is 6.59. The van der Waals surface area contributed by atoms with E-state index in [-0.39, 0.29) is 17.0 Å². The van der Waals surface area contributed by atoms with Crippen LogP contribution in [0.4, 0.5) is 0 Å². The van der Waals surface area contributed by atoms with Crippen molar-refractivity contribution in [2.75, 3.05) is 13.2 Å². The van der Waals surface area contributed by atoms with E-state index in [2.05, 4.69) is 26.2 Å². The molecule has 0 aliphatic carbocycles. The Labute approximate surface area is 152 Å². The largest absolute Gasteiger partial charge is 0.490 e. The van der Waals surface area contributed by atoms with Crippen molar-refractivity contribution in [1.82, 2.24) is 5.32 Å². The first-order chi connectivity index (χ1) is 11.4. The van der Waals surface area contributed by atoms with E-state index in [1.165, 1.54) is 6.92 Å². The number of aliphatic imine (C=N–C) groups is 1. The van der Waals surface area contributed by atoms with Crippen molar-refractivity contribution in [2.45, 2.75) is 20.8 Å². The standard InChI is InChI=1S/C16H17BrN2O4S/c1-4-22-12-7-10(6-11(17)14(12)23-5-2)8-13-15(21)19-16(24-13)18-9(3)20/h6-8H,4-5H2,1-3H3,(H,18,19,20,21)/b13-8-. The maximum Gasteiger partial charge on any atom is 0.286 e. The minimum atomic E-state index is -0.383. The Morgan fingerprint density at radius 1 is 1.33 bits per heavy atom. The SMILES string of the molecule is CCOc1cc(/C=C2\SC(NC(C)=O)=NC2=O)cc(Br)c1OCC. The zero-order valence-electron chi connectivity index (χ0n) is 13.5. The number of nitrogens with one attached hydrogen (secondary N) is 1. The van der Waals surface area contributed by atoms with Crippen molar-refractivity contribution in [3.63, 3.8) is 0 Å².